The lowest BCUT2D eigenvalue weighted by atomic mass is 10.4. The minimum Gasteiger partial charge on any atom is -0.314 e. The van der Waals surface area contributed by atoms with Crippen LogP contribution < -0.4 is 5.32 Å². The van der Waals surface area contributed by atoms with Gasteiger partial charge < -0.3 is 10.2 Å². The van der Waals surface area contributed by atoms with Crippen LogP contribution in [0.4, 0.5) is 0 Å². The second kappa shape index (κ2) is 6.53. The van der Waals surface area contributed by atoms with E-state index in [1.54, 1.807) is 0 Å². The third-order valence-electron chi connectivity index (χ3n) is 1.15. The Labute approximate surface area is 62.6 Å². The SMILES string of the molecule is CN(C)CCNCCC#N. The molecule has 0 spiro atoms. The first kappa shape index (κ1) is 9.41. The van der Waals surface area contributed by atoms with Crippen molar-refractivity contribution in [3.63, 3.8) is 0 Å². The zero-order valence-electron chi connectivity index (χ0n) is 6.72. The molecular weight excluding hydrogens is 126 g/mol. The first-order valence-corrected chi connectivity index (χ1v) is 3.49. The number of nitrogens with zero attached hydrogens (tertiary/aromatic N) is 2. The zero-order valence-corrected chi connectivity index (χ0v) is 6.72. The third kappa shape index (κ3) is 7.41. The molecular formula is C7H15N3. The average Bonchev–Trinajstić information content (AvgIpc) is 1.87. The summed E-state index contributed by atoms with van der Waals surface area (Å²) < 4.78 is 0. The van der Waals surface area contributed by atoms with Crippen LogP contribution in [0.3, 0.4) is 0 Å². The molecule has 1 N–H and O–H groups in total. The van der Waals surface area contributed by atoms with Crippen LogP contribution in [-0.4, -0.2) is 38.6 Å². The van der Waals surface area contributed by atoms with Gasteiger partial charge >= 0.3 is 0 Å². The second-order valence-electron chi connectivity index (χ2n) is 2.46. The first-order valence-electron chi connectivity index (χ1n) is 3.49. The van der Waals surface area contributed by atoms with Crippen molar-refractivity contribution < 1.29 is 0 Å². The number of hydrogen-bond acceptors (Lipinski definition) is 3. The van der Waals surface area contributed by atoms with Crippen LogP contribution in [0.1, 0.15) is 6.42 Å². The molecule has 10 heavy (non-hydrogen) atoms. The molecule has 0 rings (SSSR count). The minimum atomic E-state index is 0.605. The van der Waals surface area contributed by atoms with Crippen LogP contribution in [0.15, 0.2) is 0 Å². The number of nitrogens with one attached hydrogen (secondary N) is 1. The summed E-state index contributed by atoms with van der Waals surface area (Å²) in [7, 11) is 4.07. The van der Waals surface area contributed by atoms with E-state index in [0.29, 0.717) is 6.42 Å². The van der Waals surface area contributed by atoms with E-state index in [-0.39, 0.29) is 0 Å². The largest absolute Gasteiger partial charge is 0.314 e. The Hall–Kier alpha value is -0.590. The number of hydrogen-bond donors (Lipinski definition) is 1. The molecule has 58 valence electrons. The maximum Gasteiger partial charge on any atom is 0.0635 e. The molecule has 3 nitrogen and oxygen atoms in total. The fraction of sp³-hybridized carbons (Fsp3) is 0.857. The molecule has 0 unspecified atom stereocenters. The Morgan fingerprint density at radius 3 is 2.60 bits per heavy atom. The van der Waals surface area contributed by atoms with E-state index in [1.807, 2.05) is 14.1 Å². The second-order valence-corrected chi connectivity index (χ2v) is 2.46. The lowest BCUT2D eigenvalue weighted by Gasteiger charge is -2.08. The van der Waals surface area contributed by atoms with Gasteiger partial charge in [0.15, 0.2) is 0 Å². The van der Waals surface area contributed by atoms with E-state index in [4.69, 9.17) is 5.26 Å². The lowest BCUT2D eigenvalue weighted by molar-refractivity contribution is 0.401. The van der Waals surface area contributed by atoms with E-state index in [9.17, 15) is 0 Å². The summed E-state index contributed by atoms with van der Waals surface area (Å²) in [5.74, 6) is 0. The van der Waals surface area contributed by atoms with E-state index >= 15 is 0 Å². The molecule has 0 aliphatic heterocycles. The Morgan fingerprint density at radius 1 is 1.40 bits per heavy atom. The average molecular weight is 141 g/mol. The van der Waals surface area contributed by atoms with Crippen molar-refractivity contribution in [2.75, 3.05) is 33.7 Å². The van der Waals surface area contributed by atoms with Crippen molar-refractivity contribution in [3.05, 3.63) is 0 Å². The molecule has 0 aromatic carbocycles. The highest BCUT2D eigenvalue weighted by Crippen LogP contribution is 1.72. The summed E-state index contributed by atoms with van der Waals surface area (Å²) in [6, 6.07) is 2.08. The van der Waals surface area contributed by atoms with Crippen LogP contribution in [0, 0.1) is 11.3 Å². The van der Waals surface area contributed by atoms with Crippen molar-refractivity contribution in [1.29, 1.82) is 5.26 Å². The molecule has 0 aliphatic rings. The van der Waals surface area contributed by atoms with Gasteiger partial charge in [-0.2, -0.15) is 5.26 Å². The monoisotopic (exact) mass is 141 g/mol. The van der Waals surface area contributed by atoms with Gasteiger partial charge in [-0.1, -0.05) is 0 Å². The van der Waals surface area contributed by atoms with Gasteiger partial charge in [0, 0.05) is 26.1 Å². The number of rotatable bonds is 5. The van der Waals surface area contributed by atoms with Crippen LogP contribution >= 0.6 is 0 Å². The predicted octanol–water partition coefficient (Wildman–Crippen LogP) is 0.0513. The molecule has 0 radical (unpaired) electrons. The number of nitriles is 1. The summed E-state index contributed by atoms with van der Waals surface area (Å²) in [4.78, 5) is 2.11. The van der Waals surface area contributed by atoms with E-state index in [0.717, 1.165) is 19.6 Å². The van der Waals surface area contributed by atoms with Crippen molar-refractivity contribution >= 4 is 0 Å². The van der Waals surface area contributed by atoms with E-state index < -0.39 is 0 Å². The molecule has 0 amide bonds. The van der Waals surface area contributed by atoms with Gasteiger partial charge in [0.1, 0.15) is 0 Å². The van der Waals surface area contributed by atoms with Crippen molar-refractivity contribution in [2.24, 2.45) is 0 Å². The highest BCUT2D eigenvalue weighted by Gasteiger charge is 1.87. The highest BCUT2D eigenvalue weighted by atomic mass is 15.1. The standard InChI is InChI=1S/C7H15N3/c1-10(2)7-6-9-5-3-4-8/h9H,3,5-7H2,1-2H3. The summed E-state index contributed by atoms with van der Waals surface area (Å²) in [5.41, 5.74) is 0. The molecule has 0 saturated heterocycles. The topological polar surface area (TPSA) is 39.1 Å². The smallest absolute Gasteiger partial charge is 0.0635 e. The van der Waals surface area contributed by atoms with Gasteiger partial charge in [0.2, 0.25) is 0 Å². The molecule has 0 saturated carbocycles. The number of likely N-dealkylation sites (N-methyl/N-ethyl adjacent to an activating group) is 1. The van der Waals surface area contributed by atoms with Crippen molar-refractivity contribution in [2.45, 2.75) is 6.42 Å². The summed E-state index contributed by atoms with van der Waals surface area (Å²) in [6.07, 6.45) is 0.605. The van der Waals surface area contributed by atoms with Crippen LogP contribution in [0.25, 0.3) is 0 Å². The molecule has 0 fully saturated rings. The van der Waals surface area contributed by atoms with Crippen molar-refractivity contribution in [1.82, 2.24) is 10.2 Å². The summed E-state index contributed by atoms with van der Waals surface area (Å²) >= 11 is 0. The fourth-order valence-electron chi connectivity index (χ4n) is 0.572. The predicted molar refractivity (Wildman–Crippen MR) is 41.7 cm³/mol. The van der Waals surface area contributed by atoms with Gasteiger partial charge in [-0.25, -0.2) is 0 Å². The van der Waals surface area contributed by atoms with E-state index in [1.165, 1.54) is 0 Å². The van der Waals surface area contributed by atoms with Gasteiger partial charge in [-0.3, -0.25) is 0 Å². The van der Waals surface area contributed by atoms with Gasteiger partial charge in [-0.05, 0) is 14.1 Å². The Morgan fingerprint density at radius 2 is 2.10 bits per heavy atom. The van der Waals surface area contributed by atoms with Crippen molar-refractivity contribution in [3.8, 4) is 6.07 Å². The maximum atomic E-state index is 8.17. The molecule has 0 bridgehead atoms. The third-order valence-corrected chi connectivity index (χ3v) is 1.15. The van der Waals surface area contributed by atoms with Crippen LogP contribution in [-0.2, 0) is 0 Å². The Bertz CT molecular complexity index is 104. The summed E-state index contributed by atoms with van der Waals surface area (Å²) in [5, 5.41) is 11.3. The van der Waals surface area contributed by atoms with Gasteiger partial charge in [0.05, 0.1) is 6.07 Å². The lowest BCUT2D eigenvalue weighted by Crippen LogP contribution is -2.26. The Balaban J connectivity index is 2.86. The summed E-state index contributed by atoms with van der Waals surface area (Å²) in [6.45, 7) is 2.81. The molecule has 0 heterocycles. The van der Waals surface area contributed by atoms with Gasteiger partial charge in [0.25, 0.3) is 0 Å². The molecule has 0 aromatic heterocycles. The molecule has 3 heteroatoms. The molecule has 0 atom stereocenters. The fourth-order valence-corrected chi connectivity index (χ4v) is 0.572. The first-order chi connectivity index (χ1) is 4.77. The molecule has 0 aliphatic carbocycles. The quantitative estimate of drug-likeness (QED) is 0.550. The zero-order chi connectivity index (χ0) is 7.82. The highest BCUT2D eigenvalue weighted by molar-refractivity contribution is 4.69. The Kier molecular flexibility index (Phi) is 6.14. The van der Waals surface area contributed by atoms with Gasteiger partial charge in [-0.15, -0.1) is 0 Å². The minimum absolute atomic E-state index is 0.605. The molecule has 0 aromatic rings. The normalized spacial score (nSPS) is 9.80. The van der Waals surface area contributed by atoms with Crippen LogP contribution in [0.5, 0.6) is 0 Å². The maximum absolute atomic E-state index is 8.17. The van der Waals surface area contributed by atoms with Crippen LogP contribution in [0.2, 0.25) is 0 Å². The van der Waals surface area contributed by atoms with E-state index in [2.05, 4.69) is 16.3 Å².